The highest BCUT2D eigenvalue weighted by Gasteiger charge is 2.24. The van der Waals surface area contributed by atoms with Gasteiger partial charge in [0.05, 0.1) is 19.2 Å². The zero-order valence-corrected chi connectivity index (χ0v) is 13.4. The van der Waals surface area contributed by atoms with Crippen LogP contribution in [-0.4, -0.2) is 47.3 Å². The predicted molar refractivity (Wildman–Crippen MR) is 84.0 cm³/mol. The first kappa shape index (κ1) is 14.4. The number of benzene rings is 1. The molecule has 104 valence electrons. The zero-order valence-electron chi connectivity index (χ0n) is 12.5. The number of hydrogen-bond acceptors (Lipinski definition) is 3. The molecule has 1 aromatic carbocycles. The molecule has 0 aliphatic rings. The highest BCUT2D eigenvalue weighted by atomic mass is 31.1. The Morgan fingerprint density at radius 3 is 2.32 bits per heavy atom. The van der Waals surface area contributed by atoms with Gasteiger partial charge in [-0.05, 0) is 40.7 Å². The van der Waals surface area contributed by atoms with E-state index >= 15 is 0 Å². The summed E-state index contributed by atoms with van der Waals surface area (Å²) in [6, 6.07) is 8.45. The van der Waals surface area contributed by atoms with Gasteiger partial charge >= 0.3 is 0 Å². The van der Waals surface area contributed by atoms with Crippen LogP contribution in [0.2, 0.25) is 0 Å². The van der Waals surface area contributed by atoms with Crippen LogP contribution in [0.3, 0.4) is 0 Å². The van der Waals surface area contributed by atoms with Gasteiger partial charge in [0.15, 0.2) is 0 Å². The summed E-state index contributed by atoms with van der Waals surface area (Å²) in [6.45, 7) is 3.17. The third kappa shape index (κ3) is 2.81. The highest BCUT2D eigenvalue weighted by Crippen LogP contribution is 2.40. The van der Waals surface area contributed by atoms with Crippen molar-refractivity contribution in [2.24, 2.45) is 0 Å². The normalized spacial score (nSPS) is 12.2. The maximum Gasteiger partial charge on any atom is 0.0996 e. The second kappa shape index (κ2) is 6.00. The van der Waals surface area contributed by atoms with Crippen molar-refractivity contribution in [2.45, 2.75) is 19.9 Å². The van der Waals surface area contributed by atoms with Gasteiger partial charge in [-0.3, -0.25) is 14.0 Å². The molecule has 0 spiro atoms. The van der Waals surface area contributed by atoms with E-state index < -0.39 is 8.22 Å². The van der Waals surface area contributed by atoms with E-state index in [-0.39, 0.29) is 0 Å². The molecule has 0 unspecified atom stereocenters. The smallest absolute Gasteiger partial charge is 0.0996 e. The summed E-state index contributed by atoms with van der Waals surface area (Å²) in [6.07, 6.45) is 1.10. The third-order valence-corrected chi connectivity index (χ3v) is 5.37. The standard InChI is InChI=1S/C14H23N4P/c1-6-11-18-14(19(16(2)3)17(4)5)12-9-7-8-10-13(12)15-18/h7-10H,6,11H2,1-5H3. The predicted octanol–water partition coefficient (Wildman–Crippen LogP) is 2.51. The second-order valence-electron chi connectivity index (χ2n) is 5.05. The van der Waals surface area contributed by atoms with E-state index in [4.69, 9.17) is 5.10 Å². The molecule has 0 atom stereocenters. The van der Waals surface area contributed by atoms with Gasteiger partial charge in [-0.15, -0.1) is 0 Å². The Morgan fingerprint density at radius 2 is 1.74 bits per heavy atom. The number of aromatic nitrogens is 2. The second-order valence-corrected chi connectivity index (χ2v) is 7.65. The largest absolute Gasteiger partial charge is 0.271 e. The minimum absolute atomic E-state index is 0.502. The van der Waals surface area contributed by atoms with Crippen LogP contribution in [0.25, 0.3) is 10.9 Å². The number of aryl methyl sites for hydroxylation is 1. The van der Waals surface area contributed by atoms with Gasteiger partial charge in [-0.2, -0.15) is 5.10 Å². The van der Waals surface area contributed by atoms with Crippen LogP contribution in [0.4, 0.5) is 0 Å². The van der Waals surface area contributed by atoms with E-state index in [1.54, 1.807) is 0 Å². The van der Waals surface area contributed by atoms with Crippen molar-refractivity contribution in [1.82, 2.24) is 19.1 Å². The minimum Gasteiger partial charge on any atom is -0.271 e. The first-order valence-electron chi connectivity index (χ1n) is 6.66. The van der Waals surface area contributed by atoms with Crippen LogP contribution in [0.5, 0.6) is 0 Å². The van der Waals surface area contributed by atoms with Gasteiger partial charge in [-0.1, -0.05) is 25.1 Å². The molecule has 0 radical (unpaired) electrons. The van der Waals surface area contributed by atoms with Crippen LogP contribution in [-0.2, 0) is 6.54 Å². The van der Waals surface area contributed by atoms with Crippen molar-refractivity contribution >= 4 is 24.6 Å². The molecule has 0 saturated heterocycles. The topological polar surface area (TPSA) is 24.3 Å². The average Bonchev–Trinajstić information content (AvgIpc) is 2.68. The molecule has 0 N–H and O–H groups in total. The maximum absolute atomic E-state index is 4.77. The van der Waals surface area contributed by atoms with E-state index in [0.29, 0.717) is 0 Å². The first-order chi connectivity index (χ1) is 9.06. The fourth-order valence-electron chi connectivity index (χ4n) is 2.38. The Kier molecular flexibility index (Phi) is 4.56. The number of hydrogen-bond donors (Lipinski definition) is 0. The highest BCUT2D eigenvalue weighted by molar-refractivity contribution is 7.61. The van der Waals surface area contributed by atoms with Crippen molar-refractivity contribution in [3.8, 4) is 0 Å². The van der Waals surface area contributed by atoms with Gasteiger partial charge in [0.25, 0.3) is 0 Å². The SMILES string of the molecule is CCCn1nc2ccccc2c1P(N(C)C)N(C)C. The van der Waals surface area contributed by atoms with Gasteiger partial charge in [-0.25, -0.2) is 0 Å². The molecule has 0 saturated carbocycles. The van der Waals surface area contributed by atoms with Crippen molar-refractivity contribution in [3.63, 3.8) is 0 Å². The van der Waals surface area contributed by atoms with Crippen molar-refractivity contribution in [3.05, 3.63) is 24.3 Å². The lowest BCUT2D eigenvalue weighted by atomic mass is 10.3. The van der Waals surface area contributed by atoms with Gasteiger partial charge < -0.3 is 0 Å². The van der Waals surface area contributed by atoms with Gasteiger partial charge in [0.2, 0.25) is 0 Å². The molecule has 4 nitrogen and oxygen atoms in total. The van der Waals surface area contributed by atoms with Crippen molar-refractivity contribution in [1.29, 1.82) is 0 Å². The molecular formula is C14H23N4P. The summed E-state index contributed by atoms with van der Waals surface area (Å²) in [5.41, 5.74) is 2.45. The molecule has 1 heterocycles. The Bertz CT molecular complexity index is 539. The molecule has 2 aromatic rings. The Balaban J connectivity index is 2.63. The van der Waals surface area contributed by atoms with Gasteiger partial charge in [0, 0.05) is 11.9 Å². The average molecular weight is 278 g/mol. The van der Waals surface area contributed by atoms with Gasteiger partial charge in [0.1, 0.15) is 0 Å². The van der Waals surface area contributed by atoms with Crippen LogP contribution in [0, 0.1) is 0 Å². The zero-order chi connectivity index (χ0) is 14.0. The molecule has 1 aromatic heterocycles. The summed E-state index contributed by atoms with van der Waals surface area (Å²) in [5, 5.41) is 6.05. The fourth-order valence-corrected chi connectivity index (χ4v) is 4.61. The molecule has 19 heavy (non-hydrogen) atoms. The van der Waals surface area contributed by atoms with E-state index in [1.165, 1.54) is 10.8 Å². The van der Waals surface area contributed by atoms with E-state index in [2.05, 4.69) is 73.4 Å². The fraction of sp³-hybridized carbons (Fsp3) is 0.500. The summed E-state index contributed by atoms with van der Waals surface area (Å²) < 4.78 is 6.78. The Hall–Kier alpha value is -0.960. The first-order valence-corrected chi connectivity index (χ1v) is 7.91. The molecule has 0 fully saturated rings. The van der Waals surface area contributed by atoms with E-state index in [9.17, 15) is 0 Å². The number of rotatable bonds is 5. The Morgan fingerprint density at radius 1 is 1.11 bits per heavy atom. The molecular weight excluding hydrogens is 255 g/mol. The molecule has 0 amide bonds. The molecule has 0 aliphatic heterocycles. The van der Waals surface area contributed by atoms with E-state index in [1.807, 2.05) is 0 Å². The van der Waals surface area contributed by atoms with Crippen LogP contribution in [0.1, 0.15) is 13.3 Å². The van der Waals surface area contributed by atoms with Crippen LogP contribution < -0.4 is 5.44 Å². The lowest BCUT2D eigenvalue weighted by molar-refractivity contribution is 0.570. The molecule has 2 rings (SSSR count). The molecule has 0 aliphatic carbocycles. The quantitative estimate of drug-likeness (QED) is 0.785. The summed E-state index contributed by atoms with van der Waals surface area (Å²) in [7, 11) is 8.07. The summed E-state index contributed by atoms with van der Waals surface area (Å²) in [5.74, 6) is 0. The van der Waals surface area contributed by atoms with E-state index in [0.717, 1.165) is 18.5 Å². The molecule has 5 heteroatoms. The van der Waals surface area contributed by atoms with Crippen LogP contribution >= 0.6 is 8.22 Å². The number of nitrogens with zero attached hydrogens (tertiary/aromatic N) is 4. The number of fused-ring (bicyclic) bond motifs is 1. The van der Waals surface area contributed by atoms with Crippen LogP contribution in [0.15, 0.2) is 24.3 Å². The summed E-state index contributed by atoms with van der Waals surface area (Å²) >= 11 is 0. The monoisotopic (exact) mass is 278 g/mol. The van der Waals surface area contributed by atoms with Crippen molar-refractivity contribution < 1.29 is 0 Å². The lowest BCUT2D eigenvalue weighted by Gasteiger charge is -2.30. The van der Waals surface area contributed by atoms with Crippen molar-refractivity contribution in [2.75, 3.05) is 28.2 Å². The lowest BCUT2D eigenvalue weighted by Crippen LogP contribution is -2.30. The third-order valence-electron chi connectivity index (χ3n) is 3.00. The molecule has 0 bridgehead atoms. The minimum atomic E-state index is -0.502. The maximum atomic E-state index is 4.77. The Labute approximate surface area is 116 Å². The summed E-state index contributed by atoms with van der Waals surface area (Å²) in [4.78, 5) is 0.